The molecule has 1 aromatic heterocycles. The van der Waals surface area contributed by atoms with Crippen molar-refractivity contribution in [2.75, 3.05) is 6.61 Å². The highest BCUT2D eigenvalue weighted by atomic mass is 32.2. The molecule has 1 heterocycles. The number of benzene rings is 2. The zero-order valence-electron chi connectivity index (χ0n) is 15.5. The number of aromatic nitrogens is 1. The Morgan fingerprint density at radius 2 is 1.61 bits per heavy atom. The van der Waals surface area contributed by atoms with Crippen LogP contribution < -0.4 is 5.56 Å². The van der Waals surface area contributed by atoms with Crippen LogP contribution in [-0.4, -0.2) is 25.0 Å². The van der Waals surface area contributed by atoms with Crippen LogP contribution in [-0.2, 0) is 14.8 Å². The lowest BCUT2D eigenvalue weighted by atomic mass is 10.1. The van der Waals surface area contributed by atoms with Crippen LogP contribution in [0.4, 0.5) is 0 Å². The van der Waals surface area contributed by atoms with Gasteiger partial charge in [0.2, 0.25) is 0 Å². The first-order valence-electron chi connectivity index (χ1n) is 8.66. The fourth-order valence-corrected chi connectivity index (χ4v) is 4.13. The van der Waals surface area contributed by atoms with Crippen LogP contribution in [0.15, 0.2) is 76.4 Å². The van der Waals surface area contributed by atoms with E-state index < -0.39 is 21.6 Å². The van der Waals surface area contributed by atoms with Crippen LogP contribution in [0.5, 0.6) is 0 Å². The van der Waals surface area contributed by atoms with Crippen molar-refractivity contribution in [3.05, 3.63) is 88.3 Å². The molecule has 0 fully saturated rings. The van der Waals surface area contributed by atoms with Crippen molar-refractivity contribution in [2.24, 2.45) is 0 Å². The maximum Gasteiger partial charge on any atom is 0.356 e. The molecule has 0 aliphatic rings. The first-order chi connectivity index (χ1) is 13.3. The summed E-state index contributed by atoms with van der Waals surface area (Å²) in [6.07, 6.45) is 0. The van der Waals surface area contributed by atoms with Crippen LogP contribution in [0.25, 0.3) is 11.1 Å². The normalized spacial score (nSPS) is 11.2. The van der Waals surface area contributed by atoms with E-state index in [-0.39, 0.29) is 17.2 Å². The van der Waals surface area contributed by atoms with Gasteiger partial charge in [-0.15, -0.1) is 0 Å². The van der Waals surface area contributed by atoms with Gasteiger partial charge in [-0.05, 0) is 43.2 Å². The van der Waals surface area contributed by atoms with Gasteiger partial charge in [0.1, 0.15) is 5.69 Å². The van der Waals surface area contributed by atoms with E-state index in [2.05, 4.69) is 0 Å². The Morgan fingerprint density at radius 3 is 2.21 bits per heavy atom. The van der Waals surface area contributed by atoms with Crippen molar-refractivity contribution in [1.82, 2.24) is 3.97 Å². The van der Waals surface area contributed by atoms with Gasteiger partial charge in [-0.25, -0.2) is 13.2 Å². The summed E-state index contributed by atoms with van der Waals surface area (Å²) in [4.78, 5) is 25.2. The van der Waals surface area contributed by atoms with Crippen molar-refractivity contribution < 1.29 is 17.9 Å². The summed E-state index contributed by atoms with van der Waals surface area (Å²) in [5, 5.41) is 0. The Balaban J connectivity index is 2.27. The third-order valence-corrected chi connectivity index (χ3v) is 5.87. The standard InChI is InChI=1S/C21H19NO5S/c1-3-27-21(24)19-13-17(16-7-5-4-6-8-16)14-20(23)22(19)28(25,26)18-11-9-15(2)10-12-18/h4-14H,3H2,1-2H3. The smallest absolute Gasteiger partial charge is 0.356 e. The second kappa shape index (κ2) is 7.82. The number of hydrogen-bond donors (Lipinski definition) is 0. The van der Waals surface area contributed by atoms with Crippen molar-refractivity contribution in [1.29, 1.82) is 0 Å². The molecule has 0 bridgehead atoms. The number of nitrogens with zero attached hydrogens (tertiary/aromatic N) is 1. The molecule has 28 heavy (non-hydrogen) atoms. The largest absolute Gasteiger partial charge is 0.461 e. The van der Waals surface area contributed by atoms with E-state index in [1.54, 1.807) is 43.3 Å². The minimum absolute atomic E-state index is 0.0488. The minimum Gasteiger partial charge on any atom is -0.461 e. The van der Waals surface area contributed by atoms with E-state index in [9.17, 15) is 18.0 Å². The van der Waals surface area contributed by atoms with Gasteiger partial charge in [0.25, 0.3) is 15.6 Å². The van der Waals surface area contributed by atoms with E-state index >= 15 is 0 Å². The summed E-state index contributed by atoms with van der Waals surface area (Å²) < 4.78 is 31.7. The molecule has 3 rings (SSSR count). The zero-order chi connectivity index (χ0) is 20.3. The van der Waals surface area contributed by atoms with Crippen LogP contribution in [0.1, 0.15) is 23.0 Å². The molecule has 0 amide bonds. The maximum atomic E-state index is 13.1. The predicted octanol–water partition coefficient (Wildman–Crippen LogP) is 3.24. The number of esters is 1. The van der Waals surface area contributed by atoms with Crippen molar-refractivity contribution in [2.45, 2.75) is 18.7 Å². The Bertz CT molecular complexity index is 1160. The van der Waals surface area contributed by atoms with Gasteiger partial charge >= 0.3 is 5.97 Å². The Labute approximate surface area is 163 Å². The second-order valence-electron chi connectivity index (χ2n) is 6.14. The lowest BCUT2D eigenvalue weighted by Crippen LogP contribution is -2.32. The number of aryl methyl sites for hydroxylation is 1. The van der Waals surface area contributed by atoms with Crippen LogP contribution in [0.3, 0.4) is 0 Å². The molecule has 3 aromatic rings. The summed E-state index contributed by atoms with van der Waals surface area (Å²) in [6.45, 7) is 3.48. The molecule has 0 aliphatic heterocycles. The first kappa shape index (κ1) is 19.6. The third-order valence-electron chi connectivity index (χ3n) is 4.14. The highest BCUT2D eigenvalue weighted by Gasteiger charge is 2.26. The Hall–Kier alpha value is -3.19. The van der Waals surface area contributed by atoms with Gasteiger partial charge in [0.05, 0.1) is 11.5 Å². The number of pyridine rings is 1. The van der Waals surface area contributed by atoms with E-state index in [1.807, 2.05) is 13.0 Å². The van der Waals surface area contributed by atoms with Gasteiger partial charge < -0.3 is 4.74 Å². The molecule has 0 atom stereocenters. The van der Waals surface area contributed by atoms with Crippen LogP contribution >= 0.6 is 0 Å². The number of hydrogen-bond acceptors (Lipinski definition) is 5. The summed E-state index contributed by atoms with van der Waals surface area (Å²) in [7, 11) is -4.28. The molecule has 2 aromatic carbocycles. The Morgan fingerprint density at radius 1 is 0.964 bits per heavy atom. The van der Waals surface area contributed by atoms with Gasteiger partial charge in [-0.3, -0.25) is 4.79 Å². The van der Waals surface area contributed by atoms with E-state index in [4.69, 9.17) is 4.74 Å². The molecular weight excluding hydrogens is 378 g/mol. The third kappa shape index (κ3) is 3.75. The van der Waals surface area contributed by atoms with E-state index in [0.29, 0.717) is 15.1 Å². The van der Waals surface area contributed by atoms with Crippen molar-refractivity contribution in [3.8, 4) is 11.1 Å². The molecule has 0 aliphatic carbocycles. The number of carbonyl (C=O) groups excluding carboxylic acids is 1. The fraction of sp³-hybridized carbons (Fsp3) is 0.143. The zero-order valence-corrected chi connectivity index (χ0v) is 16.3. The summed E-state index contributed by atoms with van der Waals surface area (Å²) in [5.74, 6) is -0.881. The molecular formula is C21H19NO5S. The van der Waals surface area contributed by atoms with Gasteiger partial charge in [-0.2, -0.15) is 3.97 Å². The second-order valence-corrected chi connectivity index (χ2v) is 7.92. The summed E-state index contributed by atoms with van der Waals surface area (Å²) >= 11 is 0. The number of ether oxygens (including phenoxy) is 1. The molecule has 0 unspecified atom stereocenters. The van der Waals surface area contributed by atoms with Gasteiger partial charge in [0.15, 0.2) is 0 Å². The molecule has 0 spiro atoms. The van der Waals surface area contributed by atoms with Crippen molar-refractivity contribution in [3.63, 3.8) is 0 Å². The molecule has 7 heteroatoms. The van der Waals surface area contributed by atoms with Crippen LogP contribution in [0.2, 0.25) is 0 Å². The summed E-state index contributed by atoms with van der Waals surface area (Å²) in [5.41, 5.74) is 0.823. The molecule has 144 valence electrons. The van der Waals surface area contributed by atoms with Crippen LogP contribution in [0, 0.1) is 6.92 Å². The van der Waals surface area contributed by atoms with E-state index in [1.165, 1.54) is 24.3 Å². The monoisotopic (exact) mass is 397 g/mol. The molecule has 0 N–H and O–H groups in total. The highest BCUT2D eigenvalue weighted by molar-refractivity contribution is 7.90. The number of rotatable bonds is 5. The number of carbonyl (C=O) groups is 1. The summed E-state index contributed by atoms with van der Waals surface area (Å²) in [6, 6.07) is 17.5. The maximum absolute atomic E-state index is 13.1. The fourth-order valence-electron chi connectivity index (χ4n) is 2.77. The topological polar surface area (TPSA) is 82.4 Å². The Kier molecular flexibility index (Phi) is 5.46. The lowest BCUT2D eigenvalue weighted by molar-refractivity contribution is 0.0517. The molecule has 0 saturated heterocycles. The molecule has 0 saturated carbocycles. The SMILES string of the molecule is CCOC(=O)c1cc(-c2ccccc2)cc(=O)n1S(=O)(=O)c1ccc(C)cc1. The first-order valence-corrected chi connectivity index (χ1v) is 10.1. The van der Waals surface area contributed by atoms with Crippen molar-refractivity contribution >= 4 is 16.0 Å². The quantitative estimate of drug-likeness (QED) is 0.617. The predicted molar refractivity (Wildman–Crippen MR) is 106 cm³/mol. The lowest BCUT2D eigenvalue weighted by Gasteiger charge is -2.14. The highest BCUT2D eigenvalue weighted by Crippen LogP contribution is 2.22. The average Bonchev–Trinajstić information content (AvgIpc) is 2.68. The minimum atomic E-state index is -4.28. The van der Waals surface area contributed by atoms with E-state index in [0.717, 1.165) is 5.56 Å². The van der Waals surface area contributed by atoms with Gasteiger partial charge in [0, 0.05) is 6.07 Å². The molecule has 0 radical (unpaired) electrons. The van der Waals surface area contributed by atoms with Gasteiger partial charge in [-0.1, -0.05) is 48.0 Å². The molecule has 6 nitrogen and oxygen atoms in total. The average molecular weight is 397 g/mol.